The standard InChI is InChI=1S/C9H11N5OS2/c1-6-12-13-9(14(6)2)17-5-7(15)11-8-10-3-4-16-8/h3-4H,5H2,1-2H3,(H,10,11,15). The Morgan fingerprint density at radius 1 is 1.59 bits per heavy atom. The highest BCUT2D eigenvalue weighted by atomic mass is 32.2. The Bertz CT molecular complexity index is 507. The van der Waals surface area contributed by atoms with Crippen LogP contribution in [0.1, 0.15) is 5.82 Å². The fourth-order valence-corrected chi connectivity index (χ4v) is 2.39. The van der Waals surface area contributed by atoms with E-state index in [4.69, 9.17) is 0 Å². The molecule has 0 aliphatic heterocycles. The molecule has 17 heavy (non-hydrogen) atoms. The van der Waals surface area contributed by atoms with Gasteiger partial charge in [0.2, 0.25) is 5.91 Å². The summed E-state index contributed by atoms with van der Waals surface area (Å²) in [4.78, 5) is 15.6. The maximum Gasteiger partial charge on any atom is 0.236 e. The molecule has 0 radical (unpaired) electrons. The summed E-state index contributed by atoms with van der Waals surface area (Å²) in [5.74, 6) is 1.03. The Labute approximate surface area is 106 Å². The number of anilines is 1. The van der Waals surface area contributed by atoms with Gasteiger partial charge in [-0.25, -0.2) is 4.98 Å². The van der Waals surface area contributed by atoms with E-state index in [1.54, 1.807) is 6.20 Å². The zero-order chi connectivity index (χ0) is 12.3. The molecule has 8 heteroatoms. The normalized spacial score (nSPS) is 10.5. The fourth-order valence-electron chi connectivity index (χ4n) is 1.08. The van der Waals surface area contributed by atoms with Crippen LogP contribution >= 0.6 is 23.1 Å². The van der Waals surface area contributed by atoms with Crippen LogP contribution in [-0.2, 0) is 11.8 Å². The zero-order valence-electron chi connectivity index (χ0n) is 9.38. The number of hydrogen-bond acceptors (Lipinski definition) is 6. The Kier molecular flexibility index (Phi) is 3.75. The van der Waals surface area contributed by atoms with E-state index in [1.165, 1.54) is 23.1 Å². The molecule has 0 aromatic carbocycles. The lowest BCUT2D eigenvalue weighted by atomic mass is 10.7. The first-order chi connectivity index (χ1) is 8.16. The molecule has 2 aromatic rings. The van der Waals surface area contributed by atoms with Crippen molar-refractivity contribution < 1.29 is 4.79 Å². The lowest BCUT2D eigenvalue weighted by molar-refractivity contribution is -0.113. The molecule has 0 fully saturated rings. The molecule has 2 heterocycles. The van der Waals surface area contributed by atoms with Gasteiger partial charge < -0.3 is 9.88 Å². The van der Waals surface area contributed by atoms with Gasteiger partial charge in [-0.3, -0.25) is 4.79 Å². The highest BCUT2D eigenvalue weighted by molar-refractivity contribution is 7.99. The molecular formula is C9H11N5OS2. The number of amides is 1. The van der Waals surface area contributed by atoms with Gasteiger partial charge in [0.05, 0.1) is 5.75 Å². The van der Waals surface area contributed by atoms with Gasteiger partial charge in [-0.1, -0.05) is 11.8 Å². The highest BCUT2D eigenvalue weighted by Gasteiger charge is 2.09. The first kappa shape index (κ1) is 12.1. The van der Waals surface area contributed by atoms with Gasteiger partial charge in [-0.05, 0) is 6.92 Å². The summed E-state index contributed by atoms with van der Waals surface area (Å²) in [5, 5.41) is 13.8. The molecule has 2 aromatic heterocycles. The molecule has 0 atom stereocenters. The second-order valence-corrected chi connectivity index (χ2v) is 5.10. The third-order valence-corrected chi connectivity index (χ3v) is 3.77. The Morgan fingerprint density at radius 2 is 2.41 bits per heavy atom. The lowest BCUT2D eigenvalue weighted by Crippen LogP contribution is -2.14. The van der Waals surface area contributed by atoms with Crippen molar-refractivity contribution in [3.05, 3.63) is 17.4 Å². The number of thioether (sulfide) groups is 1. The van der Waals surface area contributed by atoms with Gasteiger partial charge in [0, 0.05) is 18.6 Å². The van der Waals surface area contributed by atoms with Crippen molar-refractivity contribution in [2.75, 3.05) is 11.1 Å². The predicted molar refractivity (Wildman–Crippen MR) is 67.2 cm³/mol. The number of nitrogens with one attached hydrogen (secondary N) is 1. The summed E-state index contributed by atoms with van der Waals surface area (Å²) in [6, 6.07) is 0. The SMILES string of the molecule is Cc1nnc(SCC(=O)Nc2nccs2)n1C. The molecule has 1 amide bonds. The quantitative estimate of drug-likeness (QED) is 0.847. The lowest BCUT2D eigenvalue weighted by Gasteiger charge is -2.01. The van der Waals surface area contributed by atoms with E-state index in [9.17, 15) is 4.79 Å². The largest absolute Gasteiger partial charge is 0.309 e. The smallest absolute Gasteiger partial charge is 0.236 e. The molecule has 0 saturated carbocycles. The Hall–Kier alpha value is -1.41. The van der Waals surface area contributed by atoms with E-state index in [0.717, 1.165) is 11.0 Å². The predicted octanol–water partition coefficient (Wildman–Crippen LogP) is 1.31. The van der Waals surface area contributed by atoms with Gasteiger partial charge in [0.25, 0.3) is 0 Å². The molecule has 0 bridgehead atoms. The zero-order valence-corrected chi connectivity index (χ0v) is 11.0. The van der Waals surface area contributed by atoms with E-state index in [-0.39, 0.29) is 5.91 Å². The van der Waals surface area contributed by atoms with Crippen LogP contribution in [0.3, 0.4) is 0 Å². The first-order valence-electron chi connectivity index (χ1n) is 4.85. The van der Waals surface area contributed by atoms with E-state index in [0.29, 0.717) is 10.9 Å². The van der Waals surface area contributed by atoms with E-state index in [2.05, 4.69) is 20.5 Å². The average molecular weight is 269 g/mol. The van der Waals surface area contributed by atoms with Crippen LogP contribution in [0.5, 0.6) is 0 Å². The minimum absolute atomic E-state index is 0.0920. The molecule has 0 aliphatic carbocycles. The highest BCUT2D eigenvalue weighted by Crippen LogP contribution is 2.16. The number of nitrogens with zero attached hydrogens (tertiary/aromatic N) is 4. The summed E-state index contributed by atoms with van der Waals surface area (Å²) in [6.07, 6.45) is 1.65. The fraction of sp³-hybridized carbons (Fsp3) is 0.333. The number of rotatable bonds is 4. The maximum absolute atomic E-state index is 11.6. The summed E-state index contributed by atoms with van der Waals surface area (Å²) in [6.45, 7) is 1.87. The Morgan fingerprint density at radius 3 is 3.00 bits per heavy atom. The molecule has 2 rings (SSSR count). The maximum atomic E-state index is 11.6. The van der Waals surface area contributed by atoms with E-state index in [1.807, 2.05) is 23.9 Å². The number of hydrogen-bond donors (Lipinski definition) is 1. The number of carbonyl (C=O) groups excluding carboxylic acids is 1. The molecular weight excluding hydrogens is 258 g/mol. The summed E-state index contributed by atoms with van der Waals surface area (Å²) in [5.41, 5.74) is 0. The summed E-state index contributed by atoms with van der Waals surface area (Å²) in [7, 11) is 1.87. The average Bonchev–Trinajstić information content (AvgIpc) is 2.90. The summed E-state index contributed by atoms with van der Waals surface area (Å²) < 4.78 is 1.85. The molecule has 0 spiro atoms. The van der Waals surface area contributed by atoms with Crippen molar-refractivity contribution in [3.8, 4) is 0 Å². The third-order valence-electron chi connectivity index (χ3n) is 2.06. The van der Waals surface area contributed by atoms with Crippen molar-refractivity contribution >= 4 is 34.1 Å². The van der Waals surface area contributed by atoms with Crippen LogP contribution in [0.2, 0.25) is 0 Å². The molecule has 6 nitrogen and oxygen atoms in total. The second kappa shape index (κ2) is 5.28. The van der Waals surface area contributed by atoms with Gasteiger partial charge in [0.1, 0.15) is 5.82 Å². The number of thiazole rings is 1. The van der Waals surface area contributed by atoms with Crippen molar-refractivity contribution in [3.63, 3.8) is 0 Å². The van der Waals surface area contributed by atoms with Crippen LogP contribution in [0.15, 0.2) is 16.7 Å². The van der Waals surface area contributed by atoms with Gasteiger partial charge in [-0.2, -0.15) is 0 Å². The molecule has 0 unspecified atom stereocenters. The van der Waals surface area contributed by atoms with E-state index >= 15 is 0 Å². The van der Waals surface area contributed by atoms with Crippen LogP contribution in [0.25, 0.3) is 0 Å². The molecule has 0 saturated heterocycles. The summed E-state index contributed by atoms with van der Waals surface area (Å²) >= 11 is 2.75. The molecule has 0 aliphatic rings. The van der Waals surface area contributed by atoms with Crippen LogP contribution in [-0.4, -0.2) is 31.4 Å². The third kappa shape index (κ3) is 3.04. The number of carbonyl (C=O) groups is 1. The van der Waals surface area contributed by atoms with Gasteiger partial charge >= 0.3 is 0 Å². The van der Waals surface area contributed by atoms with E-state index < -0.39 is 0 Å². The Balaban J connectivity index is 1.86. The first-order valence-corrected chi connectivity index (χ1v) is 6.71. The number of aromatic nitrogens is 4. The minimum atomic E-state index is -0.0920. The molecule has 1 N–H and O–H groups in total. The van der Waals surface area contributed by atoms with Gasteiger partial charge in [0.15, 0.2) is 10.3 Å². The minimum Gasteiger partial charge on any atom is -0.309 e. The van der Waals surface area contributed by atoms with Crippen LogP contribution < -0.4 is 5.32 Å². The van der Waals surface area contributed by atoms with Crippen LogP contribution in [0, 0.1) is 6.92 Å². The topological polar surface area (TPSA) is 72.7 Å². The van der Waals surface area contributed by atoms with Crippen molar-refractivity contribution in [1.29, 1.82) is 0 Å². The van der Waals surface area contributed by atoms with Crippen LogP contribution in [0.4, 0.5) is 5.13 Å². The second-order valence-electron chi connectivity index (χ2n) is 3.26. The van der Waals surface area contributed by atoms with Gasteiger partial charge in [-0.15, -0.1) is 21.5 Å². The van der Waals surface area contributed by atoms with Crippen molar-refractivity contribution in [2.24, 2.45) is 7.05 Å². The monoisotopic (exact) mass is 269 g/mol. The number of aryl methyl sites for hydroxylation is 1. The van der Waals surface area contributed by atoms with Crippen molar-refractivity contribution in [2.45, 2.75) is 12.1 Å². The molecule has 90 valence electrons. The van der Waals surface area contributed by atoms with Crippen molar-refractivity contribution in [1.82, 2.24) is 19.7 Å².